The number of hydrogen-bond donors (Lipinski definition) is 0. The van der Waals surface area contributed by atoms with E-state index in [1.807, 2.05) is 19.9 Å². The molecule has 1 heterocycles. The molecule has 0 spiro atoms. The van der Waals surface area contributed by atoms with Crippen molar-refractivity contribution in [2.75, 3.05) is 13.2 Å². The minimum Gasteiger partial charge on any atom is -0.334 e. The summed E-state index contributed by atoms with van der Waals surface area (Å²) in [6, 6.07) is 7.32. The van der Waals surface area contributed by atoms with Gasteiger partial charge in [-0.1, -0.05) is 6.07 Å². The van der Waals surface area contributed by atoms with Gasteiger partial charge in [-0.3, -0.25) is 4.98 Å². The van der Waals surface area contributed by atoms with Crippen molar-refractivity contribution in [3.8, 4) is 6.07 Å². The molecule has 0 aliphatic carbocycles. The van der Waals surface area contributed by atoms with Crippen molar-refractivity contribution in [2.24, 2.45) is 0 Å². The molecule has 0 atom stereocenters. The first kappa shape index (κ1) is 11.6. The summed E-state index contributed by atoms with van der Waals surface area (Å²) < 4.78 is 10.7. The topological polar surface area (TPSA) is 55.1 Å². The highest BCUT2D eigenvalue weighted by atomic mass is 16.7. The van der Waals surface area contributed by atoms with Crippen LogP contribution in [0.15, 0.2) is 24.4 Å². The van der Waals surface area contributed by atoms with Gasteiger partial charge in [0.15, 0.2) is 0 Å². The third-order valence-corrected chi connectivity index (χ3v) is 1.84. The molecule has 1 aromatic heterocycles. The van der Waals surface area contributed by atoms with Crippen molar-refractivity contribution in [2.45, 2.75) is 19.6 Å². The summed E-state index contributed by atoms with van der Waals surface area (Å²) >= 11 is 0. The number of nitrogens with zero attached hydrogens (tertiary/aromatic N) is 2. The fraction of sp³-hybridized carbons (Fsp3) is 0.455. The molecule has 0 N–H and O–H groups in total. The van der Waals surface area contributed by atoms with Crippen molar-refractivity contribution >= 4 is 0 Å². The maximum Gasteiger partial charge on any atom is 0.304 e. The summed E-state index contributed by atoms with van der Waals surface area (Å²) in [4.78, 5) is 4.09. The van der Waals surface area contributed by atoms with Crippen LogP contribution in [0, 0.1) is 11.3 Å². The molecule has 0 unspecified atom stereocenters. The van der Waals surface area contributed by atoms with Gasteiger partial charge in [0.25, 0.3) is 0 Å². The lowest BCUT2D eigenvalue weighted by Gasteiger charge is -2.24. The van der Waals surface area contributed by atoms with E-state index in [0.29, 0.717) is 18.9 Å². The van der Waals surface area contributed by atoms with Crippen molar-refractivity contribution in [1.29, 1.82) is 5.26 Å². The van der Waals surface area contributed by atoms with Crippen LogP contribution in [-0.2, 0) is 15.3 Å². The monoisotopic (exact) mass is 206 g/mol. The molecule has 4 nitrogen and oxygen atoms in total. The minimum absolute atomic E-state index is 0.393. The zero-order valence-electron chi connectivity index (χ0n) is 8.93. The third-order valence-electron chi connectivity index (χ3n) is 1.84. The van der Waals surface area contributed by atoms with Gasteiger partial charge in [0.2, 0.25) is 0 Å². The fourth-order valence-electron chi connectivity index (χ4n) is 1.28. The zero-order valence-corrected chi connectivity index (χ0v) is 8.93. The molecule has 1 aromatic rings. The third kappa shape index (κ3) is 2.52. The molecule has 0 fully saturated rings. The Morgan fingerprint density at radius 2 is 2.00 bits per heavy atom. The first-order chi connectivity index (χ1) is 7.29. The largest absolute Gasteiger partial charge is 0.334 e. The molecular formula is C11H14N2O2. The lowest BCUT2D eigenvalue weighted by Crippen LogP contribution is -2.32. The Balaban J connectivity index is 3.05. The molecule has 4 heteroatoms. The Bertz CT molecular complexity index is 326. The summed E-state index contributed by atoms with van der Waals surface area (Å²) in [6.45, 7) is 4.41. The summed E-state index contributed by atoms with van der Waals surface area (Å²) in [6.07, 6.45) is 1.61. The minimum atomic E-state index is -1.37. The molecule has 0 bridgehead atoms. The predicted molar refractivity (Wildman–Crippen MR) is 54.8 cm³/mol. The highest BCUT2D eigenvalue weighted by Crippen LogP contribution is 2.24. The molecule has 0 amide bonds. The van der Waals surface area contributed by atoms with E-state index in [2.05, 4.69) is 4.98 Å². The highest BCUT2D eigenvalue weighted by molar-refractivity contribution is 5.18. The summed E-state index contributed by atoms with van der Waals surface area (Å²) in [5.41, 5.74) is 0.483. The van der Waals surface area contributed by atoms with Gasteiger partial charge in [0.1, 0.15) is 11.8 Å². The second-order valence-electron chi connectivity index (χ2n) is 2.81. The van der Waals surface area contributed by atoms with Gasteiger partial charge in [0.05, 0.1) is 0 Å². The average Bonchev–Trinajstić information content (AvgIpc) is 2.30. The predicted octanol–water partition coefficient (Wildman–Crippen LogP) is 1.83. The maximum absolute atomic E-state index is 9.15. The first-order valence-corrected chi connectivity index (χ1v) is 4.89. The number of aromatic nitrogens is 1. The van der Waals surface area contributed by atoms with Gasteiger partial charge < -0.3 is 9.47 Å². The second-order valence-corrected chi connectivity index (χ2v) is 2.81. The maximum atomic E-state index is 9.15. The van der Waals surface area contributed by atoms with E-state index < -0.39 is 5.79 Å². The molecule has 1 rings (SSSR count). The van der Waals surface area contributed by atoms with Crippen LogP contribution in [-0.4, -0.2) is 18.2 Å². The lowest BCUT2D eigenvalue weighted by atomic mass is 10.2. The fourth-order valence-corrected chi connectivity index (χ4v) is 1.28. The Hall–Kier alpha value is -1.44. The van der Waals surface area contributed by atoms with Crippen LogP contribution in [0.3, 0.4) is 0 Å². The molecule has 0 saturated carbocycles. The van der Waals surface area contributed by atoms with Crippen molar-refractivity contribution in [3.05, 3.63) is 30.1 Å². The second kappa shape index (κ2) is 5.44. The Labute approximate surface area is 89.5 Å². The lowest BCUT2D eigenvalue weighted by molar-refractivity contribution is -0.203. The van der Waals surface area contributed by atoms with E-state index in [4.69, 9.17) is 14.7 Å². The quantitative estimate of drug-likeness (QED) is 0.690. The van der Waals surface area contributed by atoms with Crippen LogP contribution in [0.2, 0.25) is 0 Å². The molecule has 0 radical (unpaired) electrons. The van der Waals surface area contributed by atoms with Gasteiger partial charge in [-0.15, -0.1) is 0 Å². The van der Waals surface area contributed by atoms with E-state index in [-0.39, 0.29) is 0 Å². The molecule has 0 saturated heterocycles. The van der Waals surface area contributed by atoms with Crippen LogP contribution in [0.4, 0.5) is 0 Å². The van der Waals surface area contributed by atoms with Gasteiger partial charge >= 0.3 is 5.79 Å². The summed E-state index contributed by atoms with van der Waals surface area (Å²) in [5.74, 6) is -1.37. The molecule has 0 aliphatic heterocycles. The van der Waals surface area contributed by atoms with Gasteiger partial charge in [-0.05, 0) is 26.0 Å². The Morgan fingerprint density at radius 3 is 2.40 bits per heavy atom. The van der Waals surface area contributed by atoms with Gasteiger partial charge in [-0.25, -0.2) is 0 Å². The van der Waals surface area contributed by atoms with E-state index in [1.54, 1.807) is 24.4 Å². The van der Waals surface area contributed by atoms with E-state index in [1.165, 1.54) is 0 Å². The first-order valence-electron chi connectivity index (χ1n) is 4.89. The SMILES string of the molecule is CCOC(C#N)(OCC)c1ccccn1. The highest BCUT2D eigenvalue weighted by Gasteiger charge is 2.35. The number of nitriles is 1. The van der Waals surface area contributed by atoms with Crippen molar-refractivity contribution in [1.82, 2.24) is 4.98 Å². The average molecular weight is 206 g/mol. The van der Waals surface area contributed by atoms with E-state index in [9.17, 15) is 0 Å². The standard InChI is InChI=1S/C11H14N2O2/c1-3-14-11(9-12,15-4-2)10-7-5-6-8-13-10/h5-8H,3-4H2,1-2H3. The van der Waals surface area contributed by atoms with Crippen LogP contribution >= 0.6 is 0 Å². The molecule has 15 heavy (non-hydrogen) atoms. The molecule has 80 valence electrons. The Morgan fingerprint density at radius 1 is 1.33 bits per heavy atom. The van der Waals surface area contributed by atoms with Crippen molar-refractivity contribution in [3.63, 3.8) is 0 Å². The number of pyridine rings is 1. The van der Waals surface area contributed by atoms with Crippen molar-refractivity contribution < 1.29 is 9.47 Å². The molecular weight excluding hydrogens is 192 g/mol. The van der Waals surface area contributed by atoms with Gasteiger partial charge in [-0.2, -0.15) is 5.26 Å². The number of hydrogen-bond acceptors (Lipinski definition) is 4. The number of rotatable bonds is 5. The molecule has 0 aliphatic rings. The summed E-state index contributed by atoms with van der Waals surface area (Å²) in [5, 5.41) is 9.15. The van der Waals surface area contributed by atoms with E-state index in [0.717, 1.165) is 0 Å². The zero-order chi connectivity index (χ0) is 11.1. The van der Waals surface area contributed by atoms with Gasteiger partial charge in [0, 0.05) is 19.4 Å². The molecule has 0 aromatic carbocycles. The van der Waals surface area contributed by atoms with Crippen LogP contribution < -0.4 is 0 Å². The van der Waals surface area contributed by atoms with Crippen LogP contribution in [0.5, 0.6) is 0 Å². The normalized spacial score (nSPS) is 11.0. The van der Waals surface area contributed by atoms with Crippen LogP contribution in [0.25, 0.3) is 0 Å². The smallest absolute Gasteiger partial charge is 0.304 e. The van der Waals surface area contributed by atoms with E-state index >= 15 is 0 Å². The van der Waals surface area contributed by atoms with Crippen LogP contribution in [0.1, 0.15) is 19.5 Å². The number of ether oxygens (including phenoxy) is 2. The Kier molecular flexibility index (Phi) is 4.22. The summed E-state index contributed by atoms with van der Waals surface area (Å²) in [7, 11) is 0.